The molecule has 10 rings (SSSR count). The fourth-order valence-electron chi connectivity index (χ4n) is 7.94. The van der Waals surface area contributed by atoms with Gasteiger partial charge in [-0.15, -0.1) is 10.2 Å². The van der Waals surface area contributed by atoms with Gasteiger partial charge in [0.25, 0.3) is 0 Å². The van der Waals surface area contributed by atoms with E-state index in [1.54, 1.807) is 26.0 Å². The highest BCUT2D eigenvalue weighted by Gasteiger charge is 2.30. The number of aromatic nitrogens is 14. The molecule has 24 nitrogen and oxygen atoms in total. The predicted octanol–water partition coefficient (Wildman–Crippen LogP) is 6.38. The van der Waals surface area contributed by atoms with Crippen molar-refractivity contribution in [2.45, 2.75) is 52.2 Å². The van der Waals surface area contributed by atoms with Gasteiger partial charge in [-0.2, -0.15) is 20.7 Å². The average molecular weight is 1090 g/mol. The first kappa shape index (κ1) is 52.8. The zero-order valence-electron chi connectivity index (χ0n) is 40.2. The molecular weight excluding hydrogens is 1050 g/mol. The molecule has 2 aromatic carbocycles. The van der Waals surface area contributed by atoms with Gasteiger partial charge < -0.3 is 4.74 Å². The highest BCUT2D eigenvalue weighted by atomic mass is 32.2. The first-order valence-corrected chi connectivity index (χ1v) is 26.5. The van der Waals surface area contributed by atoms with E-state index in [-0.39, 0.29) is 69.6 Å². The van der Waals surface area contributed by atoms with Crippen molar-refractivity contribution in [3.63, 3.8) is 0 Å². The number of aromatic amines is 2. The van der Waals surface area contributed by atoms with Gasteiger partial charge in [-0.25, -0.2) is 69.0 Å². The number of H-pyrrole nitrogens is 2. The van der Waals surface area contributed by atoms with Gasteiger partial charge in [0.15, 0.2) is 29.2 Å². The van der Waals surface area contributed by atoms with E-state index in [9.17, 15) is 35.2 Å². The number of ether oxygens (including phenoxy) is 1. The largest absolute Gasteiger partial charge is 0.356 e. The summed E-state index contributed by atoms with van der Waals surface area (Å²) >= 11 is 0. The molecule has 0 spiro atoms. The van der Waals surface area contributed by atoms with Crippen molar-refractivity contribution in [3.8, 4) is 40.0 Å². The highest BCUT2D eigenvalue weighted by Crippen LogP contribution is 2.34. The lowest BCUT2D eigenvalue weighted by atomic mass is 10.0. The van der Waals surface area contributed by atoms with Crippen LogP contribution in [0.3, 0.4) is 0 Å². The van der Waals surface area contributed by atoms with E-state index in [2.05, 4.69) is 65.8 Å². The zero-order valence-corrected chi connectivity index (χ0v) is 41.8. The Balaban J connectivity index is 0.000000188. The van der Waals surface area contributed by atoms with E-state index in [0.717, 1.165) is 37.1 Å². The van der Waals surface area contributed by atoms with Gasteiger partial charge in [0.2, 0.25) is 49.1 Å². The van der Waals surface area contributed by atoms with Gasteiger partial charge in [0.05, 0.1) is 33.4 Å². The van der Waals surface area contributed by atoms with Crippen molar-refractivity contribution in [2.24, 2.45) is 0 Å². The van der Waals surface area contributed by atoms with E-state index in [1.165, 1.54) is 41.9 Å². The van der Waals surface area contributed by atoms with Crippen molar-refractivity contribution >= 4 is 65.1 Å². The minimum Gasteiger partial charge on any atom is -0.356 e. The number of nitrogens with zero attached hydrogens (tertiary/aromatic N) is 13. The fraction of sp³-hybridized carbons (Fsp3) is 0.234. The second-order valence-electron chi connectivity index (χ2n) is 16.9. The molecule has 1 aliphatic heterocycles. The Kier molecular flexibility index (Phi) is 15.1. The van der Waals surface area contributed by atoms with E-state index < -0.39 is 83.6 Å². The normalized spacial score (nSPS) is 13.7. The first-order valence-electron chi connectivity index (χ1n) is 23.2. The number of carbonyl (C=O) groups excluding carboxylic acids is 2. The lowest BCUT2D eigenvalue weighted by Crippen LogP contribution is -2.20. The maximum atomic E-state index is 15.5. The summed E-state index contributed by atoms with van der Waals surface area (Å²) in [5.74, 6) is -7.07. The topological polar surface area (TPSA) is 338 Å². The lowest BCUT2D eigenvalue weighted by Gasteiger charge is -2.23. The molecule has 0 radical (unpaired) electrons. The second kappa shape index (κ2) is 22.0. The number of anilines is 2. The third-order valence-corrected chi connectivity index (χ3v) is 14.5. The summed E-state index contributed by atoms with van der Waals surface area (Å²) in [5, 5.41) is 33.8. The number of pyridine rings is 2. The van der Waals surface area contributed by atoms with Crippen LogP contribution < -0.4 is 9.44 Å². The molecule has 9 aromatic rings. The number of fused-ring (bicyclic) bond motifs is 2. The maximum Gasteiger partial charge on any atom is 0.241 e. The molecule has 7 aromatic heterocycles. The van der Waals surface area contributed by atoms with E-state index in [4.69, 9.17) is 10.00 Å². The van der Waals surface area contributed by atoms with Crippen molar-refractivity contribution in [1.82, 2.24) is 70.5 Å². The lowest BCUT2D eigenvalue weighted by molar-refractivity contribution is -0.0371. The van der Waals surface area contributed by atoms with Crippen LogP contribution in [0, 0.1) is 34.6 Å². The van der Waals surface area contributed by atoms with Crippen molar-refractivity contribution in [3.05, 3.63) is 125 Å². The summed E-state index contributed by atoms with van der Waals surface area (Å²) in [5.41, 5.74) is -0.745. The molecule has 1 fully saturated rings. The maximum absolute atomic E-state index is 15.5. The van der Waals surface area contributed by atoms with Crippen LogP contribution in [0.2, 0.25) is 0 Å². The number of tetrazole rings is 1. The van der Waals surface area contributed by atoms with Gasteiger partial charge in [0, 0.05) is 66.0 Å². The average Bonchev–Trinajstić information content (AvgIpc) is 4.23. The molecular formula is C47H39F4N17O7S2. The number of halogens is 4. The molecule has 1 atom stereocenters. The summed E-state index contributed by atoms with van der Waals surface area (Å²) < 4.78 is 119. The molecule has 1 aliphatic rings. The van der Waals surface area contributed by atoms with Crippen LogP contribution >= 0.6 is 0 Å². The van der Waals surface area contributed by atoms with Crippen LogP contribution in [0.25, 0.3) is 56.0 Å². The molecule has 1 saturated heterocycles. The fourth-order valence-corrected chi connectivity index (χ4v) is 10.2. The van der Waals surface area contributed by atoms with E-state index in [0.29, 0.717) is 40.9 Å². The summed E-state index contributed by atoms with van der Waals surface area (Å²) in [6.45, 7) is 3.70. The standard InChI is InChI=1S/C26H23F2N7O4S.C21H16F2N10O3S/c1-2-9-40(37,38)34-24-19(27)7-6-17(22(24)28)25(36)23-18-10-15(16-13-30-20(11-29)31-14-16)12-32-26(18)35(33-23)21-5-3-4-8-39-21;1-2-5-37(35,36)31-17-14(22)4-3-12(15(17)23)18(34)16-13-6-10(7-24-19(13)28-27-16)11-8-25-20(26-9-11)21-29-32-33-30-21/h6-7,10,12-14,21,34H,2-5,8-9H2,1H3;3-4,6-9,31H,2,5H2,1H3,(H,24,27,28)(H,29,30,32,33). The number of hydrogen-bond donors (Lipinski definition) is 4. The van der Waals surface area contributed by atoms with Crippen LogP contribution in [0.4, 0.5) is 28.9 Å². The monoisotopic (exact) mass is 1090 g/mol. The Labute approximate surface area is 432 Å². The number of rotatable bonds is 16. The van der Waals surface area contributed by atoms with Gasteiger partial charge in [0.1, 0.15) is 40.5 Å². The third-order valence-electron chi connectivity index (χ3n) is 11.6. The third kappa shape index (κ3) is 11.2. The second-order valence-corrected chi connectivity index (χ2v) is 20.6. The predicted molar refractivity (Wildman–Crippen MR) is 265 cm³/mol. The smallest absolute Gasteiger partial charge is 0.241 e. The van der Waals surface area contributed by atoms with Crippen molar-refractivity contribution < 1.29 is 48.7 Å². The minimum absolute atomic E-state index is 0.0203. The molecule has 0 bridgehead atoms. The van der Waals surface area contributed by atoms with Gasteiger partial charge in [-0.1, -0.05) is 13.8 Å². The van der Waals surface area contributed by atoms with Gasteiger partial charge >= 0.3 is 0 Å². The summed E-state index contributed by atoms with van der Waals surface area (Å²) in [6.07, 6.45) is 11.2. The molecule has 0 aliphatic carbocycles. The number of ketones is 2. The zero-order chi connectivity index (χ0) is 54.6. The number of benzene rings is 2. The molecule has 30 heteroatoms. The Morgan fingerprint density at radius 2 is 1.30 bits per heavy atom. The number of nitriles is 1. The molecule has 0 amide bonds. The van der Waals surface area contributed by atoms with E-state index >= 15 is 8.78 Å². The van der Waals surface area contributed by atoms with Gasteiger partial charge in [-0.3, -0.25) is 24.1 Å². The van der Waals surface area contributed by atoms with Crippen molar-refractivity contribution in [2.75, 3.05) is 27.6 Å². The molecule has 0 saturated carbocycles. The Bertz CT molecular complexity index is 3980. The summed E-state index contributed by atoms with van der Waals surface area (Å²) in [7, 11) is -8.05. The molecule has 77 heavy (non-hydrogen) atoms. The number of hydrogen-bond acceptors (Lipinski definition) is 19. The Morgan fingerprint density at radius 3 is 1.86 bits per heavy atom. The first-order chi connectivity index (χ1) is 37.0. The number of carbonyl (C=O) groups is 2. The highest BCUT2D eigenvalue weighted by molar-refractivity contribution is 7.92. The van der Waals surface area contributed by atoms with Crippen LogP contribution in [-0.4, -0.2) is 117 Å². The molecule has 4 N–H and O–H groups in total. The Morgan fingerprint density at radius 1 is 0.727 bits per heavy atom. The number of sulfonamides is 2. The van der Waals surface area contributed by atoms with Crippen molar-refractivity contribution in [1.29, 1.82) is 5.26 Å². The SMILES string of the molecule is CCCS(=O)(=O)Nc1c(F)ccc(C(=O)c2[nH]nc3ncc(-c4cnc(-c5nn[nH]n5)nc4)cc23)c1F.CCCS(=O)(=O)Nc1c(F)ccc(C(=O)c2nn(C3CCCCO3)c3ncc(-c4cnc(C#N)nc4)cc23)c1F. The van der Waals surface area contributed by atoms with Gasteiger partial charge in [-0.05, 0) is 73.7 Å². The van der Waals surface area contributed by atoms with Crippen LogP contribution in [0.1, 0.15) is 90.1 Å². The number of nitrogens with one attached hydrogen (secondary N) is 4. The van der Waals surface area contributed by atoms with E-state index in [1.807, 2.05) is 15.5 Å². The molecule has 394 valence electrons. The summed E-state index contributed by atoms with van der Waals surface area (Å²) in [4.78, 5) is 52.0. The van der Waals surface area contributed by atoms with Crippen LogP contribution in [0.15, 0.2) is 73.6 Å². The van der Waals surface area contributed by atoms with Crippen LogP contribution in [0.5, 0.6) is 0 Å². The molecule has 1 unspecified atom stereocenters. The minimum atomic E-state index is -4.04. The molecule has 8 heterocycles. The quantitative estimate of drug-likeness (QED) is 0.0602. The summed E-state index contributed by atoms with van der Waals surface area (Å²) in [6, 6.07) is 8.53. The Hall–Kier alpha value is -9.08. The van der Waals surface area contributed by atoms with Crippen LogP contribution in [-0.2, 0) is 24.8 Å².